The Balaban J connectivity index is 2.00. The molecule has 1 aromatic carbocycles. The van der Waals surface area contributed by atoms with Gasteiger partial charge in [0.15, 0.2) is 6.20 Å². The Morgan fingerprint density at radius 3 is 2.55 bits per heavy atom. The van der Waals surface area contributed by atoms with Crippen molar-refractivity contribution in [1.82, 2.24) is 0 Å². The fraction of sp³-hybridized carbons (Fsp3) is 0.450. The molecule has 0 radical (unpaired) electrons. The maximum absolute atomic E-state index is 6.50. The van der Waals surface area contributed by atoms with E-state index in [0.717, 1.165) is 12.2 Å². The highest BCUT2D eigenvalue weighted by atomic mass is 16.5. The number of nitrogens with zero attached hydrogens (tertiary/aromatic N) is 1. The lowest BCUT2D eigenvalue weighted by molar-refractivity contribution is -0.660. The number of ether oxygens (including phenoxy) is 1. The van der Waals surface area contributed by atoms with Crippen LogP contribution in [-0.2, 0) is 12.5 Å². The van der Waals surface area contributed by atoms with E-state index in [2.05, 4.69) is 68.9 Å². The van der Waals surface area contributed by atoms with Gasteiger partial charge in [-0.1, -0.05) is 12.1 Å². The van der Waals surface area contributed by atoms with Crippen LogP contribution in [0.1, 0.15) is 44.2 Å². The van der Waals surface area contributed by atoms with Crippen molar-refractivity contribution in [2.24, 2.45) is 7.05 Å². The van der Waals surface area contributed by atoms with E-state index in [1.54, 1.807) is 0 Å². The first-order valence-corrected chi connectivity index (χ1v) is 8.20. The molecule has 1 fully saturated rings. The summed E-state index contributed by atoms with van der Waals surface area (Å²) in [5.74, 6) is 1.12. The molecule has 1 aliphatic heterocycles. The summed E-state index contributed by atoms with van der Waals surface area (Å²) in [6, 6.07) is 10.9. The third-order valence-corrected chi connectivity index (χ3v) is 5.24. The van der Waals surface area contributed by atoms with Crippen molar-refractivity contribution in [3.05, 3.63) is 47.7 Å². The number of aryl methyl sites for hydroxylation is 2. The monoisotopic (exact) mass is 294 g/mol. The second kappa shape index (κ2) is 4.34. The molecule has 1 saturated carbocycles. The van der Waals surface area contributed by atoms with Crippen LogP contribution < -0.4 is 9.30 Å². The average Bonchev–Trinajstić information content (AvgIpc) is 3.18. The number of fused-ring (bicyclic) bond motifs is 2. The van der Waals surface area contributed by atoms with Gasteiger partial charge in [-0.2, -0.15) is 0 Å². The molecule has 0 N–H and O–H groups in total. The molecule has 2 heteroatoms. The molecule has 22 heavy (non-hydrogen) atoms. The van der Waals surface area contributed by atoms with Crippen LogP contribution in [0.2, 0.25) is 0 Å². The fourth-order valence-electron chi connectivity index (χ4n) is 4.13. The summed E-state index contributed by atoms with van der Waals surface area (Å²) in [7, 11) is 2.11. The van der Waals surface area contributed by atoms with Crippen LogP contribution in [0.5, 0.6) is 5.75 Å². The third-order valence-electron chi connectivity index (χ3n) is 5.24. The van der Waals surface area contributed by atoms with Crippen molar-refractivity contribution in [1.29, 1.82) is 0 Å². The minimum absolute atomic E-state index is 0.0839. The topological polar surface area (TPSA) is 13.1 Å². The van der Waals surface area contributed by atoms with E-state index in [1.165, 1.54) is 35.2 Å². The zero-order chi connectivity index (χ0) is 15.5. The predicted octanol–water partition coefficient (Wildman–Crippen LogP) is 4.08. The van der Waals surface area contributed by atoms with Gasteiger partial charge in [-0.3, -0.25) is 0 Å². The summed E-state index contributed by atoms with van der Waals surface area (Å²) >= 11 is 0. The lowest BCUT2D eigenvalue weighted by Gasteiger charge is -2.39. The van der Waals surface area contributed by atoms with E-state index in [0.29, 0.717) is 5.41 Å². The van der Waals surface area contributed by atoms with Gasteiger partial charge in [0.05, 0.1) is 5.56 Å². The maximum Gasteiger partial charge on any atom is 0.216 e. The molecule has 0 saturated heterocycles. The minimum Gasteiger partial charge on any atom is -0.487 e. The highest BCUT2D eigenvalue weighted by Gasteiger charge is 2.53. The number of benzene rings is 1. The SMILES string of the molecule is Cc1ccc2c(c1-c1cccc[n+]1C)OC(C)(C)CC21CC1. The van der Waals surface area contributed by atoms with Crippen LogP contribution in [-0.4, -0.2) is 5.60 Å². The highest BCUT2D eigenvalue weighted by Crippen LogP contribution is 2.61. The number of aromatic nitrogens is 1. The molecule has 114 valence electrons. The van der Waals surface area contributed by atoms with Crippen molar-refractivity contribution in [2.75, 3.05) is 0 Å². The standard InChI is InChI=1S/C20H24NO/c1-14-8-9-15-18(17(14)16-7-5-6-12-21(16)4)22-19(2,3)13-20(15)10-11-20/h5-9,12H,10-11,13H2,1-4H3/q+1. The number of pyridine rings is 1. The van der Waals surface area contributed by atoms with Crippen molar-refractivity contribution >= 4 is 0 Å². The van der Waals surface area contributed by atoms with E-state index >= 15 is 0 Å². The van der Waals surface area contributed by atoms with Gasteiger partial charge in [0.2, 0.25) is 5.69 Å². The molecule has 0 unspecified atom stereocenters. The number of hydrogen-bond donors (Lipinski definition) is 0. The molecule has 4 rings (SSSR count). The Kier molecular flexibility index (Phi) is 2.73. The largest absolute Gasteiger partial charge is 0.487 e. The molecule has 1 spiro atoms. The van der Waals surface area contributed by atoms with E-state index in [4.69, 9.17) is 4.74 Å². The van der Waals surface area contributed by atoms with Crippen LogP contribution >= 0.6 is 0 Å². The zero-order valence-corrected chi connectivity index (χ0v) is 13.9. The van der Waals surface area contributed by atoms with Crippen LogP contribution in [0.4, 0.5) is 0 Å². The Bertz CT molecular complexity index is 756. The molecule has 2 heterocycles. The lowest BCUT2D eigenvalue weighted by Crippen LogP contribution is -2.39. The van der Waals surface area contributed by atoms with Gasteiger partial charge in [0.1, 0.15) is 18.4 Å². The van der Waals surface area contributed by atoms with E-state index in [1.807, 2.05) is 0 Å². The highest BCUT2D eigenvalue weighted by molar-refractivity contribution is 5.73. The Morgan fingerprint density at radius 1 is 1.09 bits per heavy atom. The first-order valence-electron chi connectivity index (χ1n) is 8.20. The van der Waals surface area contributed by atoms with Gasteiger partial charge in [-0.15, -0.1) is 0 Å². The van der Waals surface area contributed by atoms with Gasteiger partial charge in [-0.05, 0) is 51.7 Å². The minimum atomic E-state index is -0.0839. The molecule has 2 nitrogen and oxygen atoms in total. The first-order chi connectivity index (χ1) is 10.4. The van der Waals surface area contributed by atoms with Crippen LogP contribution in [0.15, 0.2) is 36.5 Å². The van der Waals surface area contributed by atoms with E-state index in [-0.39, 0.29) is 5.60 Å². The van der Waals surface area contributed by atoms with Crippen molar-refractivity contribution in [2.45, 2.75) is 51.0 Å². The van der Waals surface area contributed by atoms with Crippen molar-refractivity contribution in [3.8, 4) is 17.0 Å². The summed E-state index contributed by atoms with van der Waals surface area (Å²) in [5, 5.41) is 0. The molecular weight excluding hydrogens is 270 g/mol. The zero-order valence-electron chi connectivity index (χ0n) is 13.9. The summed E-state index contributed by atoms with van der Waals surface area (Å²) < 4.78 is 8.69. The van der Waals surface area contributed by atoms with Gasteiger partial charge in [0, 0.05) is 23.1 Å². The summed E-state index contributed by atoms with van der Waals surface area (Å²) in [5.41, 5.74) is 5.49. The van der Waals surface area contributed by atoms with Gasteiger partial charge >= 0.3 is 0 Å². The van der Waals surface area contributed by atoms with Crippen LogP contribution in [0, 0.1) is 6.92 Å². The molecular formula is C20H24NO+. The summed E-state index contributed by atoms with van der Waals surface area (Å²) in [4.78, 5) is 0. The number of rotatable bonds is 1. The summed E-state index contributed by atoms with van der Waals surface area (Å²) in [6.07, 6.45) is 5.85. The molecule has 0 amide bonds. The van der Waals surface area contributed by atoms with Crippen LogP contribution in [0.3, 0.4) is 0 Å². The normalized spacial score (nSPS) is 20.4. The van der Waals surface area contributed by atoms with Gasteiger partial charge in [0.25, 0.3) is 0 Å². The van der Waals surface area contributed by atoms with Crippen molar-refractivity contribution in [3.63, 3.8) is 0 Å². The average molecular weight is 294 g/mol. The number of hydrogen-bond acceptors (Lipinski definition) is 1. The second-order valence-electron chi connectivity index (χ2n) is 7.65. The molecule has 0 atom stereocenters. The van der Waals surface area contributed by atoms with E-state index < -0.39 is 0 Å². The smallest absolute Gasteiger partial charge is 0.216 e. The van der Waals surface area contributed by atoms with E-state index in [9.17, 15) is 0 Å². The molecule has 2 aromatic rings. The maximum atomic E-state index is 6.50. The van der Waals surface area contributed by atoms with Gasteiger partial charge < -0.3 is 4.74 Å². The summed E-state index contributed by atoms with van der Waals surface area (Å²) in [6.45, 7) is 6.65. The Labute approximate surface area is 132 Å². The lowest BCUT2D eigenvalue weighted by atomic mass is 9.79. The molecule has 1 aromatic heterocycles. The fourth-order valence-corrected chi connectivity index (χ4v) is 4.13. The Hall–Kier alpha value is -1.83. The van der Waals surface area contributed by atoms with Crippen molar-refractivity contribution < 1.29 is 9.30 Å². The quantitative estimate of drug-likeness (QED) is 0.722. The predicted molar refractivity (Wildman–Crippen MR) is 88.0 cm³/mol. The molecule has 2 aliphatic rings. The first kappa shape index (κ1) is 13.8. The Morgan fingerprint density at radius 2 is 1.86 bits per heavy atom. The third kappa shape index (κ3) is 1.97. The van der Waals surface area contributed by atoms with Gasteiger partial charge in [-0.25, -0.2) is 4.57 Å². The molecule has 0 bridgehead atoms. The molecule has 1 aliphatic carbocycles. The second-order valence-corrected chi connectivity index (χ2v) is 7.65. The van der Waals surface area contributed by atoms with Crippen LogP contribution in [0.25, 0.3) is 11.3 Å².